The molecule has 0 radical (unpaired) electrons. The van der Waals surface area contributed by atoms with E-state index in [0.29, 0.717) is 10.6 Å². The molecule has 2 N–H and O–H groups in total. The molecule has 76 valence electrons. The summed E-state index contributed by atoms with van der Waals surface area (Å²) >= 11 is 5.96. The van der Waals surface area contributed by atoms with Gasteiger partial charge in [-0.2, -0.15) is 0 Å². The van der Waals surface area contributed by atoms with Gasteiger partial charge in [0.15, 0.2) is 0 Å². The van der Waals surface area contributed by atoms with Crippen LogP contribution >= 0.6 is 11.6 Å². The third-order valence-corrected chi connectivity index (χ3v) is 2.72. The molecule has 1 heterocycles. The van der Waals surface area contributed by atoms with Crippen LogP contribution < -0.4 is 10.6 Å². The van der Waals surface area contributed by atoms with E-state index in [9.17, 15) is 4.39 Å². The Labute approximate surface area is 87.5 Å². The molecule has 0 aromatic heterocycles. The van der Waals surface area contributed by atoms with Gasteiger partial charge in [-0.25, -0.2) is 4.39 Å². The van der Waals surface area contributed by atoms with Crippen LogP contribution in [0.2, 0.25) is 5.02 Å². The molecule has 1 aromatic rings. The molecule has 1 aliphatic rings. The van der Waals surface area contributed by atoms with E-state index in [1.54, 1.807) is 12.1 Å². The standard InChI is InChI=1S/C10H12ClFN2/c11-7-2-1-3-8(12)10(7)9-6-13-4-5-14-9/h1-3,9,13-14H,4-6H2/t9-/m1/s1. The molecule has 0 spiro atoms. The summed E-state index contributed by atoms with van der Waals surface area (Å²) in [7, 11) is 0. The van der Waals surface area contributed by atoms with Gasteiger partial charge in [-0.15, -0.1) is 0 Å². The first-order chi connectivity index (χ1) is 6.79. The van der Waals surface area contributed by atoms with Gasteiger partial charge in [-0.1, -0.05) is 17.7 Å². The second kappa shape index (κ2) is 4.26. The van der Waals surface area contributed by atoms with Crippen molar-refractivity contribution in [3.63, 3.8) is 0 Å². The Morgan fingerprint density at radius 2 is 2.21 bits per heavy atom. The number of nitrogens with one attached hydrogen (secondary N) is 2. The Bertz CT molecular complexity index is 304. The van der Waals surface area contributed by atoms with Crippen LogP contribution in [0.5, 0.6) is 0 Å². The Hall–Kier alpha value is -0.640. The summed E-state index contributed by atoms with van der Waals surface area (Å²) in [5, 5.41) is 6.92. The van der Waals surface area contributed by atoms with Crippen LogP contribution in [-0.4, -0.2) is 19.6 Å². The van der Waals surface area contributed by atoms with Crippen molar-refractivity contribution in [2.75, 3.05) is 19.6 Å². The van der Waals surface area contributed by atoms with Crippen molar-refractivity contribution in [3.05, 3.63) is 34.6 Å². The van der Waals surface area contributed by atoms with Gasteiger partial charge < -0.3 is 10.6 Å². The number of piperazine rings is 1. The van der Waals surface area contributed by atoms with Crippen LogP contribution in [0.4, 0.5) is 4.39 Å². The summed E-state index contributed by atoms with van der Waals surface area (Å²) in [5.74, 6) is -0.237. The quantitative estimate of drug-likeness (QED) is 0.744. The lowest BCUT2D eigenvalue weighted by atomic mass is 10.0. The average Bonchev–Trinajstić information content (AvgIpc) is 2.19. The van der Waals surface area contributed by atoms with Gasteiger partial charge in [0.1, 0.15) is 5.82 Å². The molecule has 14 heavy (non-hydrogen) atoms. The van der Waals surface area contributed by atoms with Crippen molar-refractivity contribution >= 4 is 11.6 Å². The lowest BCUT2D eigenvalue weighted by Crippen LogP contribution is -2.43. The molecule has 1 saturated heterocycles. The van der Waals surface area contributed by atoms with E-state index < -0.39 is 0 Å². The maximum Gasteiger partial charge on any atom is 0.129 e. The highest BCUT2D eigenvalue weighted by Crippen LogP contribution is 2.25. The Morgan fingerprint density at radius 3 is 2.86 bits per heavy atom. The zero-order valence-corrected chi connectivity index (χ0v) is 8.44. The minimum Gasteiger partial charge on any atom is -0.314 e. The van der Waals surface area contributed by atoms with Crippen molar-refractivity contribution in [2.45, 2.75) is 6.04 Å². The number of benzene rings is 1. The summed E-state index contributed by atoms with van der Waals surface area (Å²) in [5.41, 5.74) is 0.571. The summed E-state index contributed by atoms with van der Waals surface area (Å²) in [6.45, 7) is 2.48. The van der Waals surface area contributed by atoms with Crippen molar-refractivity contribution in [1.82, 2.24) is 10.6 Å². The predicted octanol–water partition coefficient (Wildman–Crippen LogP) is 1.71. The van der Waals surface area contributed by atoms with Crippen molar-refractivity contribution in [2.24, 2.45) is 0 Å². The molecular formula is C10H12ClFN2. The minimum atomic E-state index is -0.237. The predicted molar refractivity (Wildman–Crippen MR) is 55.0 cm³/mol. The number of hydrogen-bond donors (Lipinski definition) is 2. The third-order valence-electron chi connectivity index (χ3n) is 2.39. The molecule has 0 unspecified atom stereocenters. The van der Waals surface area contributed by atoms with Crippen LogP contribution in [0.25, 0.3) is 0 Å². The maximum atomic E-state index is 13.5. The molecule has 0 bridgehead atoms. The van der Waals surface area contributed by atoms with Crippen LogP contribution in [0.3, 0.4) is 0 Å². The van der Waals surface area contributed by atoms with Gasteiger partial charge in [0, 0.05) is 36.3 Å². The molecule has 1 fully saturated rings. The highest BCUT2D eigenvalue weighted by Gasteiger charge is 2.20. The van der Waals surface area contributed by atoms with E-state index in [2.05, 4.69) is 10.6 Å². The highest BCUT2D eigenvalue weighted by atomic mass is 35.5. The monoisotopic (exact) mass is 214 g/mol. The number of rotatable bonds is 1. The molecule has 4 heteroatoms. The summed E-state index contributed by atoms with van der Waals surface area (Å²) in [6, 6.07) is 4.77. The molecule has 0 saturated carbocycles. The zero-order chi connectivity index (χ0) is 9.97. The lowest BCUT2D eigenvalue weighted by molar-refractivity contribution is 0.417. The van der Waals surface area contributed by atoms with E-state index in [1.165, 1.54) is 6.07 Å². The molecule has 1 aliphatic heterocycles. The van der Waals surface area contributed by atoms with Gasteiger partial charge >= 0.3 is 0 Å². The minimum absolute atomic E-state index is 0.0163. The molecule has 0 amide bonds. The number of halogens is 2. The first-order valence-corrected chi connectivity index (χ1v) is 5.05. The van der Waals surface area contributed by atoms with Crippen LogP contribution in [0.1, 0.15) is 11.6 Å². The first-order valence-electron chi connectivity index (χ1n) is 4.67. The van der Waals surface area contributed by atoms with Crippen molar-refractivity contribution in [3.8, 4) is 0 Å². The molecule has 2 rings (SSSR count). The zero-order valence-electron chi connectivity index (χ0n) is 7.69. The fourth-order valence-corrected chi connectivity index (χ4v) is 2.00. The van der Waals surface area contributed by atoms with E-state index in [-0.39, 0.29) is 11.9 Å². The van der Waals surface area contributed by atoms with Crippen LogP contribution in [0.15, 0.2) is 18.2 Å². The van der Waals surface area contributed by atoms with Gasteiger partial charge in [0.2, 0.25) is 0 Å². The summed E-state index contributed by atoms with van der Waals surface area (Å²) < 4.78 is 13.5. The van der Waals surface area contributed by atoms with E-state index in [4.69, 9.17) is 11.6 Å². The van der Waals surface area contributed by atoms with E-state index in [0.717, 1.165) is 19.6 Å². The summed E-state index contributed by atoms with van der Waals surface area (Å²) in [6.07, 6.45) is 0. The largest absolute Gasteiger partial charge is 0.314 e. The lowest BCUT2D eigenvalue weighted by Gasteiger charge is -2.25. The molecule has 1 aromatic carbocycles. The van der Waals surface area contributed by atoms with Gasteiger partial charge in [-0.05, 0) is 12.1 Å². The topological polar surface area (TPSA) is 24.1 Å². The van der Waals surface area contributed by atoms with Crippen molar-refractivity contribution < 1.29 is 4.39 Å². The fourth-order valence-electron chi connectivity index (χ4n) is 1.70. The normalized spacial score (nSPS) is 22.3. The van der Waals surface area contributed by atoms with Crippen molar-refractivity contribution in [1.29, 1.82) is 0 Å². The second-order valence-corrected chi connectivity index (χ2v) is 3.75. The maximum absolute atomic E-state index is 13.5. The molecule has 1 atom stereocenters. The third kappa shape index (κ3) is 1.90. The Kier molecular flexibility index (Phi) is 3.01. The second-order valence-electron chi connectivity index (χ2n) is 3.35. The first kappa shape index (κ1) is 9.90. The van der Waals surface area contributed by atoms with Gasteiger partial charge in [-0.3, -0.25) is 0 Å². The molecular weight excluding hydrogens is 203 g/mol. The van der Waals surface area contributed by atoms with Crippen LogP contribution in [0, 0.1) is 5.82 Å². The van der Waals surface area contributed by atoms with Crippen LogP contribution in [-0.2, 0) is 0 Å². The number of hydrogen-bond acceptors (Lipinski definition) is 2. The van der Waals surface area contributed by atoms with Gasteiger partial charge in [0.25, 0.3) is 0 Å². The summed E-state index contributed by atoms with van der Waals surface area (Å²) in [4.78, 5) is 0. The smallest absolute Gasteiger partial charge is 0.129 e. The SMILES string of the molecule is Fc1cccc(Cl)c1[C@H]1CNCCN1. The van der Waals surface area contributed by atoms with Gasteiger partial charge in [0.05, 0.1) is 0 Å². The molecule has 2 nitrogen and oxygen atoms in total. The fraction of sp³-hybridized carbons (Fsp3) is 0.400. The highest BCUT2D eigenvalue weighted by molar-refractivity contribution is 6.31. The van der Waals surface area contributed by atoms with E-state index >= 15 is 0 Å². The molecule has 0 aliphatic carbocycles. The average molecular weight is 215 g/mol. The Morgan fingerprint density at radius 1 is 1.36 bits per heavy atom. The van der Waals surface area contributed by atoms with E-state index in [1.807, 2.05) is 0 Å². The Balaban J connectivity index is 2.29.